The van der Waals surface area contributed by atoms with Gasteiger partial charge in [-0.2, -0.15) is 13.2 Å². The van der Waals surface area contributed by atoms with Crippen LogP contribution in [-0.4, -0.2) is 67.2 Å². The Morgan fingerprint density at radius 1 is 0.776 bits per heavy atom. The predicted octanol–water partition coefficient (Wildman–Crippen LogP) is 7.34. The van der Waals surface area contributed by atoms with Crippen molar-refractivity contribution in [2.75, 3.05) is 43.3 Å². The average Bonchev–Trinajstić information content (AvgIpc) is 3.06. The van der Waals surface area contributed by atoms with E-state index in [0.717, 1.165) is 41.9 Å². The third-order valence-electron chi connectivity index (χ3n) is 8.92. The van der Waals surface area contributed by atoms with Gasteiger partial charge in [0.25, 0.3) is 5.91 Å². The van der Waals surface area contributed by atoms with Crippen LogP contribution >= 0.6 is 0 Å². The van der Waals surface area contributed by atoms with Gasteiger partial charge in [0.2, 0.25) is 0 Å². The number of benzene rings is 2. The van der Waals surface area contributed by atoms with E-state index in [1.165, 1.54) is 64.2 Å². The zero-order valence-electron chi connectivity index (χ0n) is 28.9. The van der Waals surface area contributed by atoms with Gasteiger partial charge in [0.15, 0.2) is 0 Å². The van der Waals surface area contributed by atoms with Crippen molar-refractivity contribution in [2.45, 2.75) is 95.3 Å². The van der Waals surface area contributed by atoms with E-state index < -0.39 is 23.6 Å². The maximum atomic E-state index is 12.7. The van der Waals surface area contributed by atoms with Crippen molar-refractivity contribution >= 4 is 29.2 Å². The fourth-order valence-electron chi connectivity index (χ4n) is 6.41. The molecule has 0 spiro atoms. The largest absolute Gasteiger partial charge is 0.481 e. The standard InChI is InChI=1S/C25H26F3N5O3.C12H23N/c1-32(2)22-19(14-21(34)35)23(33(3)4)31-20(30-22)13-15-5-11-18(12-6-15)29-24(36)16-7-9-17(10-8-16)25(26,27)28;1-3-7-11(8-4-1)13-12-9-5-2-6-10-12/h5-12H,13-14H2,1-4H3,(H,29,36)(H,34,35);11-13H,1-10H2. The Morgan fingerprint density at radius 2 is 1.27 bits per heavy atom. The monoisotopic (exact) mass is 682 g/mol. The van der Waals surface area contributed by atoms with E-state index in [1.54, 1.807) is 62.3 Å². The van der Waals surface area contributed by atoms with Gasteiger partial charge in [-0.05, 0) is 67.6 Å². The molecule has 0 bridgehead atoms. The summed E-state index contributed by atoms with van der Waals surface area (Å²) >= 11 is 0. The smallest absolute Gasteiger partial charge is 0.416 e. The Balaban J connectivity index is 0.000000344. The number of carboxylic acids is 1. The summed E-state index contributed by atoms with van der Waals surface area (Å²) in [7, 11) is 7.13. The van der Waals surface area contributed by atoms with Crippen LogP contribution in [0.15, 0.2) is 48.5 Å². The maximum Gasteiger partial charge on any atom is 0.416 e. The molecule has 3 N–H and O–H groups in total. The minimum absolute atomic E-state index is 0.106. The number of halogens is 3. The summed E-state index contributed by atoms with van der Waals surface area (Å²) in [4.78, 5) is 36.4. The van der Waals surface area contributed by atoms with Gasteiger partial charge in [-0.25, -0.2) is 9.97 Å². The van der Waals surface area contributed by atoms with Gasteiger partial charge >= 0.3 is 12.1 Å². The van der Waals surface area contributed by atoms with Crippen molar-refractivity contribution in [3.05, 3.63) is 76.6 Å². The van der Waals surface area contributed by atoms with E-state index in [0.29, 0.717) is 35.1 Å². The molecule has 9 nitrogen and oxygen atoms in total. The molecule has 5 rings (SSSR count). The molecule has 3 aromatic rings. The number of carbonyl (C=O) groups is 2. The first-order valence-electron chi connectivity index (χ1n) is 17.1. The molecule has 2 aromatic carbocycles. The molecule has 0 unspecified atom stereocenters. The number of aliphatic carboxylic acids is 1. The van der Waals surface area contributed by atoms with Crippen LogP contribution in [0.3, 0.4) is 0 Å². The van der Waals surface area contributed by atoms with Crippen LogP contribution in [0.25, 0.3) is 0 Å². The molecule has 266 valence electrons. The Labute approximate surface area is 287 Å². The third kappa shape index (κ3) is 11.4. The summed E-state index contributed by atoms with van der Waals surface area (Å²) in [6, 6.07) is 12.6. The highest BCUT2D eigenvalue weighted by molar-refractivity contribution is 6.04. The summed E-state index contributed by atoms with van der Waals surface area (Å²) < 4.78 is 38.1. The van der Waals surface area contributed by atoms with Gasteiger partial charge in [0, 0.05) is 63.5 Å². The van der Waals surface area contributed by atoms with Crippen LogP contribution in [0.5, 0.6) is 0 Å². The summed E-state index contributed by atoms with van der Waals surface area (Å²) in [5.41, 5.74) is 1.13. The van der Waals surface area contributed by atoms with Gasteiger partial charge < -0.3 is 25.5 Å². The Morgan fingerprint density at radius 3 is 1.69 bits per heavy atom. The second-order valence-corrected chi connectivity index (χ2v) is 13.4. The van der Waals surface area contributed by atoms with E-state index in [4.69, 9.17) is 0 Å². The van der Waals surface area contributed by atoms with Crippen molar-refractivity contribution in [3.63, 3.8) is 0 Å². The fourth-order valence-corrected chi connectivity index (χ4v) is 6.41. The lowest BCUT2D eigenvalue weighted by molar-refractivity contribution is -0.138. The number of carbonyl (C=O) groups excluding carboxylic acids is 1. The molecule has 49 heavy (non-hydrogen) atoms. The molecule has 1 aromatic heterocycles. The molecule has 0 saturated heterocycles. The van der Waals surface area contributed by atoms with Crippen LogP contribution in [0.1, 0.15) is 97.1 Å². The van der Waals surface area contributed by atoms with Crippen molar-refractivity contribution in [2.24, 2.45) is 0 Å². The zero-order valence-corrected chi connectivity index (χ0v) is 28.9. The number of anilines is 3. The van der Waals surface area contributed by atoms with Gasteiger partial charge in [-0.3, -0.25) is 9.59 Å². The average molecular weight is 683 g/mol. The third-order valence-corrected chi connectivity index (χ3v) is 8.92. The fraction of sp³-hybridized carbons (Fsp3) is 0.514. The molecular formula is C37H49F3N6O3. The number of hydrogen-bond acceptors (Lipinski definition) is 7. The van der Waals surface area contributed by atoms with E-state index in [9.17, 15) is 27.9 Å². The summed E-state index contributed by atoms with van der Waals surface area (Å²) in [5.74, 6) is 0.0303. The summed E-state index contributed by atoms with van der Waals surface area (Å²) in [6.07, 6.45) is 10.2. The second kappa shape index (κ2) is 17.5. The molecule has 0 atom stereocenters. The number of alkyl halides is 3. The van der Waals surface area contributed by atoms with Gasteiger partial charge in [-0.15, -0.1) is 0 Å². The van der Waals surface area contributed by atoms with Crippen LogP contribution in [0, 0.1) is 0 Å². The first kappa shape index (κ1) is 37.6. The Hall–Kier alpha value is -4.19. The van der Waals surface area contributed by atoms with Crippen LogP contribution < -0.4 is 20.4 Å². The van der Waals surface area contributed by atoms with Crippen molar-refractivity contribution in [1.29, 1.82) is 0 Å². The molecular weight excluding hydrogens is 633 g/mol. The Kier molecular flexibility index (Phi) is 13.4. The lowest BCUT2D eigenvalue weighted by Gasteiger charge is -2.30. The quantitative estimate of drug-likeness (QED) is 0.204. The molecule has 1 amide bonds. The molecule has 0 radical (unpaired) electrons. The Bertz CT molecular complexity index is 1470. The lowest BCUT2D eigenvalue weighted by atomic mass is 9.91. The van der Waals surface area contributed by atoms with Crippen LogP contribution in [-0.2, 0) is 23.8 Å². The van der Waals surface area contributed by atoms with Crippen molar-refractivity contribution < 1.29 is 27.9 Å². The minimum atomic E-state index is -4.47. The first-order valence-corrected chi connectivity index (χ1v) is 17.1. The molecule has 2 saturated carbocycles. The highest BCUT2D eigenvalue weighted by Crippen LogP contribution is 2.30. The van der Waals surface area contributed by atoms with Gasteiger partial charge in [0.1, 0.15) is 17.5 Å². The van der Waals surface area contributed by atoms with E-state index in [1.807, 2.05) is 0 Å². The number of carboxylic acid groups (broad SMARTS) is 1. The van der Waals surface area contributed by atoms with E-state index in [2.05, 4.69) is 20.6 Å². The zero-order chi connectivity index (χ0) is 35.6. The number of nitrogens with one attached hydrogen (secondary N) is 2. The topological polar surface area (TPSA) is 111 Å². The number of hydrogen-bond donors (Lipinski definition) is 3. The predicted molar refractivity (Wildman–Crippen MR) is 188 cm³/mol. The van der Waals surface area contributed by atoms with Crippen LogP contribution in [0.2, 0.25) is 0 Å². The maximum absolute atomic E-state index is 12.7. The normalized spacial score (nSPS) is 15.6. The molecule has 2 aliphatic rings. The van der Waals surface area contributed by atoms with Gasteiger partial charge in [-0.1, -0.05) is 50.7 Å². The second-order valence-electron chi connectivity index (χ2n) is 13.4. The minimum Gasteiger partial charge on any atom is -0.481 e. The molecule has 1 heterocycles. The first-order chi connectivity index (χ1) is 23.3. The molecule has 0 aliphatic heterocycles. The number of rotatable bonds is 10. The summed E-state index contributed by atoms with van der Waals surface area (Å²) in [5, 5.41) is 15.8. The van der Waals surface area contributed by atoms with Crippen LogP contribution in [0.4, 0.5) is 30.5 Å². The molecule has 2 fully saturated rings. The summed E-state index contributed by atoms with van der Waals surface area (Å²) in [6.45, 7) is 0. The number of nitrogens with zero attached hydrogens (tertiary/aromatic N) is 4. The van der Waals surface area contributed by atoms with E-state index >= 15 is 0 Å². The van der Waals surface area contributed by atoms with E-state index in [-0.39, 0.29) is 12.0 Å². The SMILES string of the molecule is C1CCC(NC2CCCCC2)CC1.CN(C)c1nc(Cc2ccc(NC(=O)c3ccc(C(F)(F)F)cc3)cc2)nc(N(C)C)c1CC(=O)O. The lowest BCUT2D eigenvalue weighted by Crippen LogP contribution is -2.40. The van der Waals surface area contributed by atoms with Gasteiger partial charge in [0.05, 0.1) is 12.0 Å². The molecule has 2 aliphatic carbocycles. The highest BCUT2D eigenvalue weighted by Gasteiger charge is 2.30. The van der Waals surface area contributed by atoms with Crippen molar-refractivity contribution in [3.8, 4) is 0 Å². The highest BCUT2D eigenvalue weighted by atomic mass is 19.4. The number of aromatic nitrogens is 2. The molecule has 12 heteroatoms. The van der Waals surface area contributed by atoms with Crippen molar-refractivity contribution in [1.82, 2.24) is 15.3 Å². The number of amides is 1.